The van der Waals surface area contributed by atoms with Crippen LogP contribution in [0.15, 0.2) is 18.2 Å². The van der Waals surface area contributed by atoms with Crippen LogP contribution in [0.3, 0.4) is 0 Å². The lowest BCUT2D eigenvalue weighted by Gasteiger charge is -2.21. The lowest BCUT2D eigenvalue weighted by Crippen LogP contribution is -2.35. The molecule has 1 N–H and O–H groups in total. The summed E-state index contributed by atoms with van der Waals surface area (Å²) in [6, 6.07) is 6.06. The maximum atomic E-state index is 11.3. The van der Waals surface area contributed by atoms with E-state index in [2.05, 4.69) is 32.2 Å². The molecule has 0 saturated heterocycles. The maximum Gasteiger partial charge on any atom is 0.123 e. The Kier molecular flexibility index (Phi) is 5.35. The van der Waals surface area contributed by atoms with E-state index in [4.69, 9.17) is 4.74 Å². The molecular weight excluding hydrogens is 246 g/mol. The van der Waals surface area contributed by atoms with Gasteiger partial charge in [-0.15, -0.1) is 0 Å². The van der Waals surface area contributed by atoms with Crippen LogP contribution in [-0.4, -0.2) is 23.1 Å². The second-order valence-corrected chi connectivity index (χ2v) is 6.90. The number of nitrogens with one attached hydrogen (secondary N) is 1. The average molecular weight is 269 g/mol. The van der Waals surface area contributed by atoms with Gasteiger partial charge >= 0.3 is 0 Å². The molecule has 1 unspecified atom stereocenters. The van der Waals surface area contributed by atoms with Crippen molar-refractivity contribution in [3.63, 3.8) is 0 Å². The summed E-state index contributed by atoms with van der Waals surface area (Å²) in [6.45, 7) is 7.21. The van der Waals surface area contributed by atoms with E-state index in [0.29, 0.717) is 5.75 Å². The van der Waals surface area contributed by atoms with E-state index in [9.17, 15) is 4.21 Å². The van der Waals surface area contributed by atoms with Gasteiger partial charge in [-0.3, -0.25) is 4.21 Å². The number of methoxy groups -OCH3 is 1. The molecule has 3 nitrogen and oxygen atoms in total. The number of hydrogen-bond acceptors (Lipinski definition) is 3. The van der Waals surface area contributed by atoms with Crippen LogP contribution < -0.4 is 10.1 Å². The third-order valence-electron chi connectivity index (χ3n) is 2.53. The van der Waals surface area contributed by atoms with Gasteiger partial charge in [0.2, 0.25) is 0 Å². The topological polar surface area (TPSA) is 38.3 Å². The first-order chi connectivity index (χ1) is 8.31. The molecule has 1 atom stereocenters. The molecule has 102 valence electrons. The fourth-order valence-electron chi connectivity index (χ4n) is 1.64. The molecule has 1 aromatic rings. The van der Waals surface area contributed by atoms with Gasteiger partial charge in [0.1, 0.15) is 5.75 Å². The van der Waals surface area contributed by atoms with Crippen LogP contribution in [0.5, 0.6) is 5.75 Å². The quantitative estimate of drug-likeness (QED) is 0.892. The molecule has 0 aliphatic rings. The number of hydrogen-bond donors (Lipinski definition) is 1. The van der Waals surface area contributed by atoms with Crippen LogP contribution in [-0.2, 0) is 23.1 Å². The molecule has 0 heterocycles. The summed E-state index contributed by atoms with van der Waals surface area (Å²) in [5, 5.41) is 3.44. The van der Waals surface area contributed by atoms with Crippen LogP contribution in [0.1, 0.15) is 31.9 Å². The average Bonchev–Trinajstić information content (AvgIpc) is 2.25. The van der Waals surface area contributed by atoms with E-state index in [1.54, 1.807) is 13.4 Å². The van der Waals surface area contributed by atoms with Gasteiger partial charge in [0.15, 0.2) is 0 Å². The minimum Gasteiger partial charge on any atom is -0.496 e. The summed E-state index contributed by atoms with van der Waals surface area (Å²) in [7, 11) is 0.785. The molecule has 0 spiro atoms. The molecule has 4 heteroatoms. The Morgan fingerprint density at radius 3 is 2.50 bits per heavy atom. The van der Waals surface area contributed by atoms with E-state index < -0.39 is 10.8 Å². The standard InChI is InChI=1S/C14H23NO2S/c1-14(2,3)15-9-11-6-7-13(17-4)12(8-11)10-18(5)16/h6-8,15H,9-10H2,1-5H3. The second-order valence-electron chi connectivity index (χ2n) is 5.47. The van der Waals surface area contributed by atoms with E-state index in [1.807, 2.05) is 12.1 Å². The first-order valence-electron chi connectivity index (χ1n) is 6.02. The second kappa shape index (κ2) is 6.34. The summed E-state index contributed by atoms with van der Waals surface area (Å²) < 4.78 is 16.6. The molecule has 0 aliphatic carbocycles. The molecular formula is C14H23NO2S. The van der Waals surface area contributed by atoms with Crippen LogP contribution in [0.25, 0.3) is 0 Å². The van der Waals surface area contributed by atoms with Crippen molar-refractivity contribution in [3.8, 4) is 5.75 Å². The van der Waals surface area contributed by atoms with Gasteiger partial charge in [-0.05, 0) is 38.5 Å². The minimum atomic E-state index is -0.858. The molecule has 0 radical (unpaired) electrons. The number of benzene rings is 1. The van der Waals surface area contributed by atoms with Gasteiger partial charge in [-0.25, -0.2) is 0 Å². The zero-order chi connectivity index (χ0) is 13.8. The molecule has 0 bridgehead atoms. The SMILES string of the molecule is COc1ccc(CNC(C)(C)C)cc1CS(C)=O. The van der Waals surface area contributed by atoms with Crippen LogP contribution in [0.4, 0.5) is 0 Å². The molecule has 1 rings (SSSR count). The van der Waals surface area contributed by atoms with Crippen molar-refractivity contribution in [2.24, 2.45) is 0 Å². The van der Waals surface area contributed by atoms with Gasteiger partial charge in [0, 0.05) is 34.7 Å². The van der Waals surface area contributed by atoms with E-state index >= 15 is 0 Å². The predicted molar refractivity (Wildman–Crippen MR) is 77.4 cm³/mol. The normalized spacial score (nSPS) is 13.4. The first kappa shape index (κ1) is 15.2. The van der Waals surface area contributed by atoms with Gasteiger partial charge in [0.25, 0.3) is 0 Å². The molecule has 0 amide bonds. The minimum absolute atomic E-state index is 0.0909. The van der Waals surface area contributed by atoms with Gasteiger partial charge < -0.3 is 10.1 Å². The van der Waals surface area contributed by atoms with Crippen molar-refractivity contribution in [2.75, 3.05) is 13.4 Å². The Morgan fingerprint density at radius 1 is 1.33 bits per heavy atom. The third kappa shape index (κ3) is 5.19. The van der Waals surface area contributed by atoms with Crippen molar-refractivity contribution in [2.45, 2.75) is 38.6 Å². The zero-order valence-corrected chi connectivity index (χ0v) is 12.7. The van der Waals surface area contributed by atoms with E-state index in [1.165, 1.54) is 5.56 Å². The number of ether oxygens (including phenoxy) is 1. The van der Waals surface area contributed by atoms with Crippen molar-refractivity contribution in [1.29, 1.82) is 0 Å². The summed E-state index contributed by atoms with van der Waals surface area (Å²) >= 11 is 0. The summed E-state index contributed by atoms with van der Waals surface area (Å²) in [6.07, 6.45) is 1.71. The highest BCUT2D eigenvalue weighted by atomic mass is 32.2. The highest BCUT2D eigenvalue weighted by Crippen LogP contribution is 2.21. The fraction of sp³-hybridized carbons (Fsp3) is 0.571. The van der Waals surface area contributed by atoms with E-state index in [0.717, 1.165) is 17.9 Å². The lowest BCUT2D eigenvalue weighted by molar-refractivity contribution is 0.409. The Hall–Kier alpha value is -0.870. The van der Waals surface area contributed by atoms with Crippen molar-refractivity contribution < 1.29 is 8.95 Å². The van der Waals surface area contributed by atoms with Crippen molar-refractivity contribution in [3.05, 3.63) is 29.3 Å². The van der Waals surface area contributed by atoms with Gasteiger partial charge in [0.05, 0.1) is 12.9 Å². The third-order valence-corrected chi connectivity index (χ3v) is 3.24. The van der Waals surface area contributed by atoms with Crippen LogP contribution >= 0.6 is 0 Å². The molecule has 1 aromatic carbocycles. The summed E-state index contributed by atoms with van der Waals surface area (Å²) in [5.74, 6) is 1.34. The van der Waals surface area contributed by atoms with Crippen molar-refractivity contribution >= 4 is 10.8 Å². The maximum absolute atomic E-state index is 11.3. The largest absolute Gasteiger partial charge is 0.496 e. The Labute approximate surface area is 112 Å². The Balaban J connectivity index is 2.85. The zero-order valence-electron chi connectivity index (χ0n) is 11.9. The summed E-state index contributed by atoms with van der Waals surface area (Å²) in [5.41, 5.74) is 2.28. The highest BCUT2D eigenvalue weighted by Gasteiger charge is 2.10. The highest BCUT2D eigenvalue weighted by molar-refractivity contribution is 7.83. The molecule has 0 saturated carbocycles. The lowest BCUT2D eigenvalue weighted by atomic mass is 10.1. The van der Waals surface area contributed by atoms with Crippen LogP contribution in [0, 0.1) is 0 Å². The molecule has 18 heavy (non-hydrogen) atoms. The van der Waals surface area contributed by atoms with E-state index in [-0.39, 0.29) is 5.54 Å². The first-order valence-corrected chi connectivity index (χ1v) is 7.75. The molecule has 0 aromatic heterocycles. The summed E-state index contributed by atoms with van der Waals surface area (Å²) in [4.78, 5) is 0. The monoisotopic (exact) mass is 269 g/mol. The molecule has 0 fully saturated rings. The fourth-order valence-corrected chi connectivity index (χ4v) is 2.30. The van der Waals surface area contributed by atoms with Crippen LogP contribution in [0.2, 0.25) is 0 Å². The Bertz CT molecular complexity index is 424. The number of rotatable bonds is 5. The van der Waals surface area contributed by atoms with Gasteiger partial charge in [-0.2, -0.15) is 0 Å². The van der Waals surface area contributed by atoms with Gasteiger partial charge in [-0.1, -0.05) is 6.07 Å². The Morgan fingerprint density at radius 2 is 2.00 bits per heavy atom. The smallest absolute Gasteiger partial charge is 0.123 e. The molecule has 0 aliphatic heterocycles. The predicted octanol–water partition coefficient (Wildman–Crippen LogP) is 2.46. The van der Waals surface area contributed by atoms with Crippen molar-refractivity contribution in [1.82, 2.24) is 5.32 Å².